The summed E-state index contributed by atoms with van der Waals surface area (Å²) in [5.41, 5.74) is 2.70. The van der Waals surface area contributed by atoms with E-state index in [1.165, 1.54) is 0 Å². The molecule has 2 N–H and O–H groups in total. The maximum absolute atomic E-state index is 13.6. The normalized spacial score (nSPS) is 22.2. The van der Waals surface area contributed by atoms with Crippen molar-refractivity contribution in [3.63, 3.8) is 0 Å². The Labute approximate surface area is 257 Å². The van der Waals surface area contributed by atoms with E-state index >= 15 is 0 Å². The topological polar surface area (TPSA) is 110 Å². The molecule has 0 aliphatic carbocycles. The molecule has 7 rings (SSSR count). The lowest BCUT2D eigenvalue weighted by atomic mass is 9.75. The maximum Gasteiger partial charge on any atom is 0.408 e. The Morgan fingerprint density at radius 2 is 1.50 bits per heavy atom. The molecule has 9 heteroatoms. The van der Waals surface area contributed by atoms with Gasteiger partial charge in [0.1, 0.15) is 6.29 Å². The number of piperidine rings is 4. The molecule has 9 nitrogen and oxygen atoms in total. The third-order valence-electron chi connectivity index (χ3n) is 9.77. The van der Waals surface area contributed by atoms with Crippen LogP contribution < -0.4 is 5.32 Å². The highest BCUT2D eigenvalue weighted by Gasteiger charge is 2.51. The molecule has 3 aromatic carbocycles. The van der Waals surface area contributed by atoms with Crippen LogP contribution in [0.3, 0.4) is 0 Å². The van der Waals surface area contributed by atoms with Crippen LogP contribution in [0, 0.1) is 5.92 Å². The van der Waals surface area contributed by atoms with E-state index in [0.29, 0.717) is 55.1 Å². The number of fused-ring (bicyclic) bond motifs is 3. The number of hydrogen-bond donors (Lipinski definition) is 2. The predicted octanol–water partition coefficient (Wildman–Crippen LogP) is 4.63. The second-order valence-electron chi connectivity index (χ2n) is 12.2. The van der Waals surface area contributed by atoms with Gasteiger partial charge in [0.05, 0.1) is 11.6 Å². The van der Waals surface area contributed by atoms with Crippen molar-refractivity contribution < 1.29 is 24.3 Å². The quantitative estimate of drug-likeness (QED) is 0.368. The number of benzene rings is 3. The molecule has 4 heterocycles. The SMILES string of the molecule is O=Cc1ccc(C(=O)NCc2ccc(C(=O)N3CCC(c4ccccc4)(N(C(=O)O)[C@H]4CN5CCC4CC5)CC3)cc2)cc1. The Hall–Kier alpha value is -4.50. The molecule has 3 aromatic rings. The minimum atomic E-state index is -0.881. The number of likely N-dealkylation sites (tertiary alicyclic amines) is 1. The van der Waals surface area contributed by atoms with Gasteiger partial charge in [0.2, 0.25) is 0 Å². The van der Waals surface area contributed by atoms with E-state index < -0.39 is 11.6 Å². The van der Waals surface area contributed by atoms with Crippen molar-refractivity contribution in [1.82, 2.24) is 20.0 Å². The largest absolute Gasteiger partial charge is 0.465 e. The van der Waals surface area contributed by atoms with Crippen LogP contribution in [-0.2, 0) is 12.1 Å². The Balaban J connectivity index is 1.13. The number of carbonyl (C=O) groups excluding carboxylic acids is 3. The van der Waals surface area contributed by atoms with Gasteiger partial charge in [-0.1, -0.05) is 54.6 Å². The van der Waals surface area contributed by atoms with E-state index in [4.69, 9.17) is 0 Å². The fourth-order valence-electron chi connectivity index (χ4n) is 7.31. The summed E-state index contributed by atoms with van der Waals surface area (Å²) in [4.78, 5) is 55.9. The highest BCUT2D eigenvalue weighted by Crippen LogP contribution is 2.44. The number of nitrogens with one attached hydrogen (secondary N) is 1. The zero-order chi connectivity index (χ0) is 30.7. The van der Waals surface area contributed by atoms with E-state index in [2.05, 4.69) is 10.2 Å². The summed E-state index contributed by atoms with van der Waals surface area (Å²) < 4.78 is 0. The Kier molecular flexibility index (Phi) is 8.48. The van der Waals surface area contributed by atoms with Crippen LogP contribution in [0.4, 0.5) is 4.79 Å². The number of aldehydes is 1. The molecule has 2 bridgehead atoms. The highest BCUT2D eigenvalue weighted by atomic mass is 16.4. The van der Waals surface area contributed by atoms with Gasteiger partial charge in [0.15, 0.2) is 0 Å². The summed E-state index contributed by atoms with van der Waals surface area (Å²) >= 11 is 0. The second kappa shape index (κ2) is 12.6. The van der Waals surface area contributed by atoms with Crippen molar-refractivity contribution in [3.05, 3.63) is 107 Å². The number of carbonyl (C=O) groups is 4. The molecule has 4 saturated heterocycles. The lowest BCUT2D eigenvalue weighted by Crippen LogP contribution is -2.65. The number of hydrogen-bond acceptors (Lipinski definition) is 5. The van der Waals surface area contributed by atoms with E-state index in [0.717, 1.165) is 49.9 Å². The molecular weight excluding hydrogens is 556 g/mol. The third-order valence-corrected chi connectivity index (χ3v) is 9.77. The highest BCUT2D eigenvalue weighted by molar-refractivity contribution is 5.95. The van der Waals surface area contributed by atoms with Crippen LogP contribution in [0.5, 0.6) is 0 Å². The van der Waals surface area contributed by atoms with Gasteiger partial charge in [-0.15, -0.1) is 0 Å². The summed E-state index contributed by atoms with van der Waals surface area (Å²) in [6.07, 6.45) is 2.98. The average Bonchev–Trinajstić information content (AvgIpc) is 3.08. The first kappa shape index (κ1) is 29.6. The molecule has 4 fully saturated rings. The first-order chi connectivity index (χ1) is 21.4. The van der Waals surface area contributed by atoms with Gasteiger partial charge < -0.3 is 20.2 Å². The maximum atomic E-state index is 13.6. The van der Waals surface area contributed by atoms with E-state index in [-0.39, 0.29) is 17.9 Å². The fraction of sp³-hybridized carbons (Fsp3) is 0.371. The predicted molar refractivity (Wildman–Crippen MR) is 166 cm³/mol. The summed E-state index contributed by atoms with van der Waals surface area (Å²) in [6, 6.07) is 23.6. The van der Waals surface area contributed by atoms with Crippen LogP contribution in [0.25, 0.3) is 0 Å². The smallest absolute Gasteiger partial charge is 0.408 e. The molecule has 1 atom stereocenters. The molecule has 4 aliphatic heterocycles. The minimum absolute atomic E-state index is 0.0544. The Morgan fingerprint density at radius 3 is 2.07 bits per heavy atom. The number of carboxylic acid groups (broad SMARTS) is 1. The fourth-order valence-corrected chi connectivity index (χ4v) is 7.31. The lowest BCUT2D eigenvalue weighted by molar-refractivity contribution is -0.0573. The summed E-state index contributed by atoms with van der Waals surface area (Å²) in [7, 11) is 0. The Bertz CT molecular complexity index is 1490. The summed E-state index contributed by atoms with van der Waals surface area (Å²) in [5.74, 6) is 0.0383. The van der Waals surface area contributed by atoms with E-state index in [1.54, 1.807) is 41.3 Å². The van der Waals surface area contributed by atoms with Crippen molar-refractivity contribution >= 4 is 24.2 Å². The Morgan fingerprint density at radius 1 is 0.864 bits per heavy atom. The van der Waals surface area contributed by atoms with Crippen LogP contribution in [0.15, 0.2) is 78.9 Å². The average molecular weight is 595 g/mol. The van der Waals surface area contributed by atoms with Gasteiger partial charge in [0, 0.05) is 42.9 Å². The minimum Gasteiger partial charge on any atom is -0.465 e. The molecule has 0 spiro atoms. The summed E-state index contributed by atoms with van der Waals surface area (Å²) in [6.45, 7) is 4.07. The van der Waals surface area contributed by atoms with Crippen molar-refractivity contribution in [2.24, 2.45) is 5.92 Å². The molecule has 0 radical (unpaired) electrons. The van der Waals surface area contributed by atoms with Crippen molar-refractivity contribution in [2.45, 2.75) is 43.8 Å². The zero-order valence-corrected chi connectivity index (χ0v) is 24.7. The van der Waals surface area contributed by atoms with Gasteiger partial charge in [-0.2, -0.15) is 0 Å². The molecular formula is C35H38N4O5. The third kappa shape index (κ3) is 5.84. The molecule has 4 aliphatic rings. The first-order valence-electron chi connectivity index (χ1n) is 15.4. The molecule has 228 valence electrons. The monoisotopic (exact) mass is 594 g/mol. The molecule has 0 unspecified atom stereocenters. The van der Waals surface area contributed by atoms with Gasteiger partial charge >= 0.3 is 6.09 Å². The second-order valence-corrected chi connectivity index (χ2v) is 12.2. The zero-order valence-electron chi connectivity index (χ0n) is 24.7. The van der Waals surface area contributed by atoms with Crippen molar-refractivity contribution in [3.8, 4) is 0 Å². The van der Waals surface area contributed by atoms with Crippen molar-refractivity contribution in [1.29, 1.82) is 0 Å². The molecule has 3 amide bonds. The van der Waals surface area contributed by atoms with Crippen LogP contribution in [-0.4, -0.2) is 82.8 Å². The van der Waals surface area contributed by atoms with Gasteiger partial charge in [-0.05, 0) is 80.1 Å². The molecule has 0 saturated carbocycles. The lowest BCUT2D eigenvalue weighted by Gasteiger charge is -2.56. The van der Waals surface area contributed by atoms with E-state index in [1.807, 2.05) is 47.4 Å². The summed E-state index contributed by atoms with van der Waals surface area (Å²) in [5, 5.41) is 13.5. The number of amides is 3. The van der Waals surface area contributed by atoms with Gasteiger partial charge in [-0.25, -0.2) is 4.79 Å². The van der Waals surface area contributed by atoms with Crippen LogP contribution in [0.1, 0.15) is 67.9 Å². The molecule has 0 aromatic heterocycles. The van der Waals surface area contributed by atoms with Crippen LogP contribution >= 0.6 is 0 Å². The number of rotatable bonds is 8. The van der Waals surface area contributed by atoms with Gasteiger partial charge in [-0.3, -0.25) is 19.3 Å². The van der Waals surface area contributed by atoms with Gasteiger partial charge in [0.25, 0.3) is 11.8 Å². The number of nitrogens with zero attached hydrogens (tertiary/aromatic N) is 3. The molecule has 44 heavy (non-hydrogen) atoms. The first-order valence-corrected chi connectivity index (χ1v) is 15.4. The van der Waals surface area contributed by atoms with Crippen LogP contribution in [0.2, 0.25) is 0 Å². The van der Waals surface area contributed by atoms with Crippen molar-refractivity contribution in [2.75, 3.05) is 32.7 Å². The standard InChI is InChI=1S/C35H38N4O5/c40-24-26-8-10-28(11-9-26)32(41)36-22-25-6-12-29(13-7-25)33(42)38-20-16-35(17-21-38,30-4-2-1-3-5-30)39(34(43)44)31-23-37-18-14-27(31)15-19-37/h1-13,24,27,31H,14-23H2,(H,36,41)(H,43,44)/t31-/m0/s1. The van der Waals surface area contributed by atoms with E-state index in [9.17, 15) is 24.3 Å².